The zero-order chi connectivity index (χ0) is 7.78. The van der Waals surface area contributed by atoms with Crippen LogP contribution in [-0.4, -0.2) is 15.3 Å². The van der Waals surface area contributed by atoms with E-state index in [0.29, 0.717) is 6.42 Å². The van der Waals surface area contributed by atoms with Crippen molar-refractivity contribution in [2.24, 2.45) is 0 Å². The summed E-state index contributed by atoms with van der Waals surface area (Å²) in [5.74, 6) is -0.828. The van der Waals surface area contributed by atoms with E-state index >= 15 is 0 Å². The highest BCUT2D eigenvalue weighted by molar-refractivity contribution is 9.25. The topological polar surface area (TPSA) is 50.1 Å². The minimum atomic E-state index is -0.828. The molecule has 0 N–H and O–H groups in total. The van der Waals surface area contributed by atoms with E-state index in [-0.39, 0.29) is 9.34 Å². The van der Waals surface area contributed by atoms with Crippen molar-refractivity contribution in [3.05, 3.63) is 0 Å². The van der Waals surface area contributed by atoms with Gasteiger partial charge in [0.2, 0.25) is 0 Å². The number of rotatable bonds is 1. The lowest BCUT2D eigenvalue weighted by molar-refractivity contribution is -0.138. The minimum absolute atomic E-state index is 0.195. The van der Waals surface area contributed by atoms with Crippen LogP contribution < -0.4 is 0 Å². The van der Waals surface area contributed by atoms with Crippen LogP contribution in [-0.2, 0) is 9.53 Å². The number of alkyl halides is 2. The lowest BCUT2D eigenvalue weighted by Gasteiger charge is -1.97. The normalized spacial score (nSPS) is 26.7. The SMILES string of the molecule is N#CC(=O)OC1CC1(Br)Br. The number of ether oxygens (including phenoxy) is 1. The Morgan fingerprint density at radius 2 is 2.30 bits per heavy atom. The molecular weight excluding hydrogens is 266 g/mol. The third-order valence-electron chi connectivity index (χ3n) is 1.11. The van der Waals surface area contributed by atoms with Crippen LogP contribution in [0.3, 0.4) is 0 Å². The fraction of sp³-hybridized carbons (Fsp3) is 0.600. The van der Waals surface area contributed by atoms with Gasteiger partial charge in [-0.1, -0.05) is 31.9 Å². The van der Waals surface area contributed by atoms with E-state index in [1.54, 1.807) is 0 Å². The molecule has 0 heterocycles. The van der Waals surface area contributed by atoms with Gasteiger partial charge in [0.1, 0.15) is 9.34 Å². The molecule has 1 saturated carbocycles. The Bertz CT molecular complexity index is 208. The quantitative estimate of drug-likeness (QED) is 0.409. The lowest BCUT2D eigenvalue weighted by atomic mass is 10.7. The van der Waals surface area contributed by atoms with Crippen molar-refractivity contribution in [2.75, 3.05) is 0 Å². The average Bonchev–Trinajstić information content (AvgIpc) is 2.40. The van der Waals surface area contributed by atoms with Crippen molar-refractivity contribution >= 4 is 37.8 Å². The molecule has 0 aromatic heterocycles. The highest BCUT2D eigenvalue weighted by atomic mass is 79.9. The highest BCUT2D eigenvalue weighted by Crippen LogP contribution is 2.52. The lowest BCUT2D eigenvalue weighted by Crippen LogP contribution is -2.07. The summed E-state index contributed by atoms with van der Waals surface area (Å²) in [5.41, 5.74) is 0. The third kappa shape index (κ3) is 1.70. The Balaban J connectivity index is 2.33. The van der Waals surface area contributed by atoms with Gasteiger partial charge in [-0.25, -0.2) is 4.79 Å². The summed E-state index contributed by atoms with van der Waals surface area (Å²) in [5, 5.41) is 8.03. The maximum Gasteiger partial charge on any atom is 0.411 e. The number of halogens is 2. The zero-order valence-electron chi connectivity index (χ0n) is 4.80. The van der Waals surface area contributed by atoms with E-state index in [2.05, 4.69) is 36.6 Å². The van der Waals surface area contributed by atoms with Crippen LogP contribution in [0.15, 0.2) is 0 Å². The Kier molecular flexibility index (Phi) is 2.02. The maximum absolute atomic E-state index is 10.3. The van der Waals surface area contributed by atoms with Gasteiger partial charge in [0.05, 0.1) is 0 Å². The second kappa shape index (κ2) is 2.51. The summed E-state index contributed by atoms with van der Waals surface area (Å²) in [7, 11) is 0. The molecule has 5 heteroatoms. The summed E-state index contributed by atoms with van der Waals surface area (Å²) in [4.78, 5) is 10.3. The van der Waals surface area contributed by atoms with Crippen LogP contribution in [0.4, 0.5) is 0 Å². The first kappa shape index (κ1) is 8.02. The standard InChI is InChI=1S/C5H3Br2NO2/c6-5(7)1-3(5)10-4(9)2-8/h3H,1H2. The van der Waals surface area contributed by atoms with Crippen LogP contribution in [0, 0.1) is 11.3 Å². The summed E-state index contributed by atoms with van der Waals surface area (Å²) >= 11 is 6.48. The molecule has 0 saturated heterocycles. The molecule has 0 radical (unpaired) electrons. The third-order valence-corrected chi connectivity index (χ3v) is 2.78. The number of hydrogen-bond acceptors (Lipinski definition) is 3. The van der Waals surface area contributed by atoms with Gasteiger partial charge in [-0.15, -0.1) is 0 Å². The van der Waals surface area contributed by atoms with Crippen molar-refractivity contribution in [2.45, 2.75) is 15.8 Å². The van der Waals surface area contributed by atoms with Crippen LogP contribution in [0.2, 0.25) is 0 Å². The number of hydrogen-bond donors (Lipinski definition) is 0. The smallest absolute Gasteiger partial charge is 0.411 e. The molecule has 0 amide bonds. The Labute approximate surface area is 74.6 Å². The van der Waals surface area contributed by atoms with Crippen LogP contribution in [0.1, 0.15) is 6.42 Å². The molecule has 0 bridgehead atoms. The molecular formula is C5H3Br2NO2. The first-order valence-electron chi connectivity index (χ1n) is 2.55. The summed E-state index contributed by atoms with van der Waals surface area (Å²) < 4.78 is 4.36. The Morgan fingerprint density at radius 1 is 1.80 bits per heavy atom. The number of nitrogens with zero attached hydrogens (tertiary/aromatic N) is 1. The van der Waals surface area contributed by atoms with Gasteiger partial charge < -0.3 is 4.74 Å². The molecule has 1 aliphatic carbocycles. The van der Waals surface area contributed by atoms with Crippen LogP contribution >= 0.6 is 31.9 Å². The summed E-state index contributed by atoms with van der Waals surface area (Å²) in [6.45, 7) is 0. The average molecular weight is 269 g/mol. The molecule has 0 aromatic carbocycles. The van der Waals surface area contributed by atoms with Gasteiger partial charge in [-0.05, 0) is 0 Å². The largest absolute Gasteiger partial charge is 0.449 e. The fourth-order valence-electron chi connectivity index (χ4n) is 0.472. The fourth-order valence-corrected chi connectivity index (χ4v) is 1.25. The first-order chi connectivity index (χ1) is 4.56. The molecule has 0 aromatic rings. The molecule has 0 aliphatic heterocycles. The van der Waals surface area contributed by atoms with E-state index in [9.17, 15) is 4.79 Å². The predicted molar refractivity (Wildman–Crippen MR) is 40.7 cm³/mol. The molecule has 1 aliphatic rings. The summed E-state index contributed by atoms with van der Waals surface area (Å²) in [6.07, 6.45) is 0.514. The molecule has 1 unspecified atom stereocenters. The van der Waals surface area contributed by atoms with Crippen molar-refractivity contribution in [3.63, 3.8) is 0 Å². The molecule has 0 spiro atoms. The van der Waals surface area contributed by atoms with Crippen LogP contribution in [0.25, 0.3) is 0 Å². The van der Waals surface area contributed by atoms with Crippen molar-refractivity contribution in [1.82, 2.24) is 0 Å². The van der Waals surface area contributed by atoms with Gasteiger partial charge in [-0.2, -0.15) is 5.26 Å². The van der Waals surface area contributed by atoms with Crippen molar-refractivity contribution < 1.29 is 9.53 Å². The Morgan fingerprint density at radius 3 is 2.60 bits per heavy atom. The molecule has 1 atom stereocenters. The van der Waals surface area contributed by atoms with Crippen molar-refractivity contribution in [1.29, 1.82) is 5.26 Å². The van der Waals surface area contributed by atoms with E-state index in [4.69, 9.17) is 5.26 Å². The molecule has 1 fully saturated rings. The monoisotopic (exact) mass is 267 g/mol. The van der Waals surface area contributed by atoms with Gasteiger partial charge in [0.15, 0.2) is 6.07 Å². The zero-order valence-corrected chi connectivity index (χ0v) is 7.98. The van der Waals surface area contributed by atoms with Crippen LogP contribution in [0.5, 0.6) is 0 Å². The van der Waals surface area contributed by atoms with Gasteiger partial charge in [-0.3, -0.25) is 0 Å². The van der Waals surface area contributed by atoms with Gasteiger partial charge in [0, 0.05) is 6.42 Å². The first-order valence-corrected chi connectivity index (χ1v) is 4.13. The molecule has 54 valence electrons. The summed E-state index contributed by atoms with van der Waals surface area (Å²) in [6, 6.07) is 1.37. The molecule has 10 heavy (non-hydrogen) atoms. The minimum Gasteiger partial charge on any atom is -0.449 e. The van der Waals surface area contributed by atoms with E-state index in [0.717, 1.165) is 0 Å². The molecule has 3 nitrogen and oxygen atoms in total. The van der Waals surface area contributed by atoms with Gasteiger partial charge >= 0.3 is 5.97 Å². The predicted octanol–water partition coefficient (Wildman–Crippen LogP) is 1.31. The number of nitriles is 1. The van der Waals surface area contributed by atoms with E-state index in [1.165, 1.54) is 6.07 Å². The second-order valence-corrected chi connectivity index (χ2v) is 5.87. The number of carbonyl (C=O) groups excluding carboxylic acids is 1. The number of esters is 1. The van der Waals surface area contributed by atoms with Crippen molar-refractivity contribution in [3.8, 4) is 6.07 Å². The number of carbonyl (C=O) groups is 1. The second-order valence-electron chi connectivity index (χ2n) is 1.97. The van der Waals surface area contributed by atoms with E-state index < -0.39 is 5.97 Å². The Hall–Kier alpha value is -0.0800. The van der Waals surface area contributed by atoms with Gasteiger partial charge in [0.25, 0.3) is 0 Å². The molecule has 1 rings (SSSR count). The highest BCUT2D eigenvalue weighted by Gasteiger charge is 2.53. The van der Waals surface area contributed by atoms with E-state index in [1.807, 2.05) is 0 Å². The maximum atomic E-state index is 10.3.